The van der Waals surface area contributed by atoms with Crippen LogP contribution in [-0.2, 0) is 11.3 Å². The molecule has 4 rings (SSSR count). The summed E-state index contributed by atoms with van der Waals surface area (Å²) in [5.74, 6) is 0.625. The quantitative estimate of drug-likeness (QED) is 0.866. The van der Waals surface area contributed by atoms with Crippen molar-refractivity contribution in [2.24, 2.45) is 11.8 Å². The zero-order valence-electron chi connectivity index (χ0n) is 13.9. The number of ether oxygens (including phenoxy) is 1. The molecule has 3 atom stereocenters. The number of carbonyl (C=O) groups is 1. The molecule has 2 aliphatic rings. The number of aromatic nitrogens is 3. The standard InChI is InChI=1S/C18H21N5O2/c24-18(16-8-20-5-6-21-16)22-7-14-12-25-17-11-23(10-15(14)17)9-13-1-3-19-4-2-13/h1-6,8,14-15,17H,7,9-12H2,(H,22,24)/t14-,15-,17-/m1/s1. The highest BCUT2D eigenvalue weighted by molar-refractivity contribution is 5.91. The van der Waals surface area contributed by atoms with Crippen molar-refractivity contribution >= 4 is 5.91 Å². The smallest absolute Gasteiger partial charge is 0.271 e. The van der Waals surface area contributed by atoms with Crippen LogP contribution >= 0.6 is 0 Å². The lowest BCUT2D eigenvalue weighted by Crippen LogP contribution is -2.34. The Balaban J connectivity index is 1.30. The number of amides is 1. The Hall–Kier alpha value is -2.38. The minimum Gasteiger partial charge on any atom is -0.376 e. The summed E-state index contributed by atoms with van der Waals surface area (Å²) in [7, 11) is 0. The van der Waals surface area contributed by atoms with Crippen LogP contribution < -0.4 is 5.32 Å². The first-order chi connectivity index (χ1) is 12.3. The molecule has 130 valence electrons. The molecular weight excluding hydrogens is 318 g/mol. The van der Waals surface area contributed by atoms with E-state index in [9.17, 15) is 4.79 Å². The van der Waals surface area contributed by atoms with Gasteiger partial charge in [-0.25, -0.2) is 4.98 Å². The van der Waals surface area contributed by atoms with E-state index in [1.807, 2.05) is 24.5 Å². The number of fused-ring (bicyclic) bond motifs is 1. The van der Waals surface area contributed by atoms with Gasteiger partial charge in [-0.15, -0.1) is 0 Å². The van der Waals surface area contributed by atoms with Crippen molar-refractivity contribution in [3.63, 3.8) is 0 Å². The van der Waals surface area contributed by atoms with E-state index in [-0.39, 0.29) is 12.0 Å². The van der Waals surface area contributed by atoms with Gasteiger partial charge in [-0.2, -0.15) is 0 Å². The van der Waals surface area contributed by atoms with Gasteiger partial charge >= 0.3 is 0 Å². The molecule has 0 saturated carbocycles. The fraction of sp³-hybridized carbons (Fsp3) is 0.444. The Morgan fingerprint density at radius 3 is 2.88 bits per heavy atom. The summed E-state index contributed by atoms with van der Waals surface area (Å²) < 4.78 is 5.96. The first kappa shape index (κ1) is 16.1. The van der Waals surface area contributed by atoms with E-state index in [2.05, 4.69) is 25.2 Å². The number of hydrogen-bond acceptors (Lipinski definition) is 6. The summed E-state index contributed by atoms with van der Waals surface area (Å²) in [5, 5.41) is 2.97. The lowest BCUT2D eigenvalue weighted by Gasteiger charge is -2.20. The summed E-state index contributed by atoms with van der Waals surface area (Å²) in [4.78, 5) is 26.6. The number of rotatable bonds is 5. The van der Waals surface area contributed by atoms with Crippen LogP contribution in [0.25, 0.3) is 0 Å². The Morgan fingerprint density at radius 2 is 2.08 bits per heavy atom. The number of nitrogens with zero attached hydrogens (tertiary/aromatic N) is 4. The minimum atomic E-state index is -0.178. The Kier molecular flexibility index (Phi) is 4.67. The molecule has 7 heteroatoms. The van der Waals surface area contributed by atoms with Gasteiger partial charge < -0.3 is 10.1 Å². The van der Waals surface area contributed by atoms with Gasteiger partial charge in [0.15, 0.2) is 0 Å². The highest BCUT2D eigenvalue weighted by Gasteiger charge is 2.43. The molecule has 2 aromatic rings. The average molecular weight is 339 g/mol. The summed E-state index contributed by atoms with van der Waals surface area (Å²) >= 11 is 0. The zero-order valence-corrected chi connectivity index (χ0v) is 13.9. The van der Waals surface area contributed by atoms with Crippen molar-refractivity contribution in [2.45, 2.75) is 12.6 Å². The predicted octanol–water partition coefficient (Wildman–Crippen LogP) is 0.748. The molecule has 2 aliphatic heterocycles. The largest absolute Gasteiger partial charge is 0.376 e. The van der Waals surface area contributed by atoms with E-state index in [0.717, 1.165) is 19.6 Å². The monoisotopic (exact) mass is 339 g/mol. The van der Waals surface area contributed by atoms with E-state index >= 15 is 0 Å². The van der Waals surface area contributed by atoms with Crippen LogP contribution in [0.3, 0.4) is 0 Å². The van der Waals surface area contributed by atoms with Gasteiger partial charge in [-0.05, 0) is 17.7 Å². The molecule has 7 nitrogen and oxygen atoms in total. The first-order valence-corrected chi connectivity index (χ1v) is 8.56. The normalized spacial score (nSPS) is 25.7. The van der Waals surface area contributed by atoms with E-state index in [0.29, 0.717) is 30.7 Å². The first-order valence-electron chi connectivity index (χ1n) is 8.56. The fourth-order valence-corrected chi connectivity index (χ4v) is 3.70. The van der Waals surface area contributed by atoms with Gasteiger partial charge in [0.05, 0.1) is 18.9 Å². The molecule has 1 amide bonds. The Bertz CT molecular complexity index is 712. The lowest BCUT2D eigenvalue weighted by atomic mass is 9.93. The molecule has 0 bridgehead atoms. The van der Waals surface area contributed by atoms with Gasteiger partial charge in [0.1, 0.15) is 5.69 Å². The van der Waals surface area contributed by atoms with Crippen LogP contribution in [0, 0.1) is 11.8 Å². The second kappa shape index (κ2) is 7.25. The van der Waals surface area contributed by atoms with Crippen LogP contribution in [0.1, 0.15) is 16.1 Å². The van der Waals surface area contributed by atoms with Crippen LogP contribution in [0.15, 0.2) is 43.1 Å². The van der Waals surface area contributed by atoms with E-state index < -0.39 is 0 Å². The Labute approximate surface area is 146 Å². The molecule has 2 aromatic heterocycles. The highest BCUT2D eigenvalue weighted by atomic mass is 16.5. The van der Waals surface area contributed by atoms with Gasteiger partial charge in [0, 0.05) is 62.8 Å². The molecule has 4 heterocycles. The van der Waals surface area contributed by atoms with Gasteiger partial charge in [0.25, 0.3) is 5.91 Å². The van der Waals surface area contributed by atoms with Crippen molar-refractivity contribution in [1.82, 2.24) is 25.2 Å². The lowest BCUT2D eigenvalue weighted by molar-refractivity contribution is 0.0901. The zero-order chi connectivity index (χ0) is 17.1. The second-order valence-electron chi connectivity index (χ2n) is 6.65. The maximum absolute atomic E-state index is 12.1. The molecule has 25 heavy (non-hydrogen) atoms. The summed E-state index contributed by atoms with van der Waals surface area (Å²) in [6.07, 6.45) is 8.48. The fourth-order valence-electron chi connectivity index (χ4n) is 3.70. The summed E-state index contributed by atoms with van der Waals surface area (Å²) in [6, 6.07) is 4.10. The molecule has 2 fully saturated rings. The Morgan fingerprint density at radius 1 is 1.20 bits per heavy atom. The average Bonchev–Trinajstić information content (AvgIpc) is 3.22. The van der Waals surface area contributed by atoms with Crippen LogP contribution in [-0.4, -0.2) is 58.1 Å². The van der Waals surface area contributed by atoms with Crippen LogP contribution in [0.2, 0.25) is 0 Å². The molecule has 0 aliphatic carbocycles. The van der Waals surface area contributed by atoms with Crippen molar-refractivity contribution in [2.75, 3.05) is 26.2 Å². The number of likely N-dealkylation sites (tertiary alicyclic amines) is 1. The van der Waals surface area contributed by atoms with Gasteiger partial charge in [-0.3, -0.25) is 19.7 Å². The predicted molar refractivity (Wildman–Crippen MR) is 90.6 cm³/mol. The number of nitrogens with one attached hydrogen (secondary N) is 1. The SMILES string of the molecule is O=C(NC[C@@H]1CO[C@@H]2CN(Cc3ccncc3)C[C@H]12)c1cnccn1. The molecule has 0 unspecified atom stereocenters. The van der Waals surface area contributed by atoms with Crippen molar-refractivity contribution in [3.8, 4) is 0 Å². The molecule has 2 saturated heterocycles. The van der Waals surface area contributed by atoms with E-state index in [1.165, 1.54) is 18.0 Å². The van der Waals surface area contributed by atoms with E-state index in [4.69, 9.17) is 4.74 Å². The molecule has 0 spiro atoms. The van der Waals surface area contributed by atoms with Crippen molar-refractivity contribution < 1.29 is 9.53 Å². The number of hydrogen-bond donors (Lipinski definition) is 1. The summed E-state index contributed by atoms with van der Waals surface area (Å²) in [6.45, 7) is 4.18. The van der Waals surface area contributed by atoms with E-state index in [1.54, 1.807) is 6.20 Å². The number of pyridine rings is 1. The molecular formula is C18H21N5O2. The minimum absolute atomic E-state index is 0.178. The molecule has 1 N–H and O–H groups in total. The maximum Gasteiger partial charge on any atom is 0.271 e. The van der Waals surface area contributed by atoms with Crippen molar-refractivity contribution in [3.05, 3.63) is 54.4 Å². The van der Waals surface area contributed by atoms with Crippen LogP contribution in [0.4, 0.5) is 0 Å². The molecule has 0 radical (unpaired) electrons. The van der Waals surface area contributed by atoms with Crippen molar-refractivity contribution in [1.29, 1.82) is 0 Å². The number of carbonyl (C=O) groups excluding carboxylic acids is 1. The van der Waals surface area contributed by atoms with Gasteiger partial charge in [0.2, 0.25) is 0 Å². The van der Waals surface area contributed by atoms with Crippen LogP contribution in [0.5, 0.6) is 0 Å². The topological polar surface area (TPSA) is 80.2 Å². The third kappa shape index (κ3) is 3.67. The third-order valence-electron chi connectivity index (χ3n) is 4.99. The van der Waals surface area contributed by atoms with Gasteiger partial charge in [-0.1, -0.05) is 0 Å². The summed E-state index contributed by atoms with van der Waals surface area (Å²) in [5.41, 5.74) is 1.62. The highest BCUT2D eigenvalue weighted by Crippen LogP contribution is 2.33. The maximum atomic E-state index is 12.1. The third-order valence-corrected chi connectivity index (χ3v) is 4.99. The molecule has 0 aromatic carbocycles. The second-order valence-corrected chi connectivity index (χ2v) is 6.65.